The Morgan fingerprint density at radius 2 is 1.92 bits per heavy atom. The van der Waals surface area contributed by atoms with Crippen LogP contribution >= 0.6 is 0 Å². The number of fused-ring (bicyclic) bond motifs is 1. The van der Waals surface area contributed by atoms with Gasteiger partial charge >= 0.3 is 6.09 Å². The van der Waals surface area contributed by atoms with Gasteiger partial charge < -0.3 is 15.0 Å². The number of hydrogen-bond donors (Lipinski definition) is 1. The van der Waals surface area contributed by atoms with Gasteiger partial charge in [-0.3, -0.25) is 0 Å². The van der Waals surface area contributed by atoms with Crippen LogP contribution in [0.4, 0.5) is 4.79 Å². The lowest BCUT2D eigenvalue weighted by Crippen LogP contribution is -2.46. The predicted octanol–water partition coefficient (Wildman–Crippen LogP) is 4.30. The van der Waals surface area contributed by atoms with E-state index in [1.165, 1.54) is 19.3 Å². The molecule has 2 aliphatic rings. The molecule has 0 aromatic carbocycles. The van der Waals surface area contributed by atoms with Crippen molar-refractivity contribution in [2.45, 2.75) is 98.3 Å². The number of hydrogen-bond acceptors (Lipinski definition) is 4. The van der Waals surface area contributed by atoms with E-state index in [-0.39, 0.29) is 5.41 Å². The molecule has 1 N–H and O–H groups in total. The molecule has 5 nitrogen and oxygen atoms in total. The number of nitrogens with one attached hydrogen (secondary N) is 1. The number of amides is 1. The van der Waals surface area contributed by atoms with Crippen LogP contribution in [0.1, 0.15) is 80.6 Å². The molecule has 0 aromatic heterocycles. The third kappa shape index (κ3) is 5.50. The minimum Gasteiger partial charge on any atom is -0.444 e. The average molecular weight is 353 g/mol. The van der Waals surface area contributed by atoms with E-state index in [0.29, 0.717) is 11.7 Å². The Morgan fingerprint density at radius 1 is 1.28 bits per heavy atom. The summed E-state index contributed by atoms with van der Waals surface area (Å²) in [6.07, 6.45) is 5.41. The van der Waals surface area contributed by atoms with Crippen LogP contribution in [-0.2, 0) is 9.53 Å². The first-order chi connectivity index (χ1) is 11.7. The first-order valence-electron chi connectivity index (χ1n) is 9.67. The molecular formula is C20H36N2O3. The predicted molar refractivity (Wildman–Crippen MR) is 101 cm³/mol. The lowest BCUT2D eigenvalue weighted by molar-refractivity contribution is 0.0505. The quantitative estimate of drug-likeness (QED) is 0.770. The van der Waals surface area contributed by atoms with Crippen LogP contribution in [0, 0.1) is 5.41 Å². The summed E-state index contributed by atoms with van der Waals surface area (Å²) in [6, 6.07) is -0.0118. The third-order valence-electron chi connectivity index (χ3n) is 5.14. The van der Waals surface area contributed by atoms with Gasteiger partial charge in [-0.05, 0) is 52.4 Å². The van der Waals surface area contributed by atoms with Gasteiger partial charge in [-0.25, -0.2) is 9.59 Å². The molecule has 1 aliphatic heterocycles. The summed E-state index contributed by atoms with van der Waals surface area (Å²) in [5.74, 6) is 2.08. The minimum absolute atomic E-state index is 0.284. The molecular weight excluding hydrogens is 316 g/mol. The molecule has 1 aliphatic carbocycles. The van der Waals surface area contributed by atoms with Crippen molar-refractivity contribution in [2.24, 2.45) is 5.41 Å². The summed E-state index contributed by atoms with van der Waals surface area (Å²) >= 11 is 0. The SMILES string of the molecule is CC.CC(NC(=O)OC(C)(C)C)C(=C=O)N1CCC2(C)CCCCC12. The second-order valence-corrected chi connectivity index (χ2v) is 8.21. The molecule has 1 saturated heterocycles. The van der Waals surface area contributed by atoms with E-state index in [2.05, 4.69) is 23.1 Å². The molecule has 1 saturated carbocycles. The van der Waals surface area contributed by atoms with Gasteiger partial charge in [-0.2, -0.15) is 0 Å². The number of carbonyl (C=O) groups excluding carboxylic acids is 2. The summed E-state index contributed by atoms with van der Waals surface area (Å²) < 4.78 is 5.28. The molecule has 2 fully saturated rings. The van der Waals surface area contributed by atoms with Crippen LogP contribution in [0.3, 0.4) is 0 Å². The van der Waals surface area contributed by atoms with Crippen molar-refractivity contribution in [3.63, 3.8) is 0 Å². The standard InChI is InChI=1S/C18H30N2O3.C2H6/c1-13(19-16(22)23-17(2,3)4)14(12-21)20-11-10-18(5)9-7-6-8-15(18)20;1-2/h13,15H,6-11H2,1-5H3,(H,19,22);1-2H3. The Labute approximate surface area is 153 Å². The number of ether oxygens (including phenoxy) is 1. The fraction of sp³-hybridized carbons (Fsp3) is 0.850. The van der Waals surface area contributed by atoms with Gasteiger partial charge in [-0.1, -0.05) is 33.6 Å². The van der Waals surface area contributed by atoms with Crippen molar-refractivity contribution in [3.8, 4) is 0 Å². The van der Waals surface area contributed by atoms with Crippen LogP contribution in [0.15, 0.2) is 5.70 Å². The van der Waals surface area contributed by atoms with Crippen LogP contribution in [0.2, 0.25) is 0 Å². The van der Waals surface area contributed by atoms with Crippen LogP contribution < -0.4 is 5.32 Å². The highest BCUT2D eigenvalue weighted by molar-refractivity contribution is 5.69. The van der Waals surface area contributed by atoms with Gasteiger partial charge in [-0.15, -0.1) is 0 Å². The Kier molecular flexibility index (Phi) is 7.55. The van der Waals surface area contributed by atoms with E-state index in [9.17, 15) is 9.59 Å². The van der Waals surface area contributed by atoms with E-state index in [0.717, 1.165) is 19.4 Å². The van der Waals surface area contributed by atoms with Crippen molar-refractivity contribution < 1.29 is 14.3 Å². The number of rotatable bonds is 3. The minimum atomic E-state index is -0.551. The molecule has 144 valence electrons. The highest BCUT2D eigenvalue weighted by Crippen LogP contribution is 2.47. The summed E-state index contributed by atoms with van der Waals surface area (Å²) in [5.41, 5.74) is 0.280. The summed E-state index contributed by atoms with van der Waals surface area (Å²) in [7, 11) is 0. The van der Waals surface area contributed by atoms with Crippen molar-refractivity contribution in [1.29, 1.82) is 0 Å². The van der Waals surface area contributed by atoms with Crippen molar-refractivity contribution >= 4 is 12.0 Å². The van der Waals surface area contributed by atoms with E-state index < -0.39 is 17.7 Å². The molecule has 3 unspecified atom stereocenters. The zero-order chi connectivity index (χ0) is 19.3. The molecule has 0 spiro atoms. The number of alkyl carbamates (subject to hydrolysis) is 1. The fourth-order valence-electron chi connectivity index (χ4n) is 3.97. The molecule has 1 amide bonds. The van der Waals surface area contributed by atoms with E-state index in [1.54, 1.807) is 0 Å². The van der Waals surface area contributed by atoms with Gasteiger partial charge in [0.25, 0.3) is 0 Å². The highest BCUT2D eigenvalue weighted by atomic mass is 16.6. The van der Waals surface area contributed by atoms with Gasteiger partial charge in [0.1, 0.15) is 17.2 Å². The number of nitrogens with zero attached hydrogens (tertiary/aromatic N) is 1. The van der Waals surface area contributed by atoms with Crippen molar-refractivity contribution in [1.82, 2.24) is 10.2 Å². The van der Waals surface area contributed by atoms with Crippen LogP contribution in [-0.4, -0.2) is 41.2 Å². The normalized spacial score (nSPS) is 26.5. The Hall–Kier alpha value is -1.48. The first kappa shape index (κ1) is 21.6. The van der Waals surface area contributed by atoms with Crippen LogP contribution in [0.5, 0.6) is 0 Å². The lowest BCUT2D eigenvalue weighted by atomic mass is 9.72. The van der Waals surface area contributed by atoms with Crippen molar-refractivity contribution in [3.05, 3.63) is 5.70 Å². The molecule has 25 heavy (non-hydrogen) atoms. The average Bonchev–Trinajstić information content (AvgIpc) is 2.85. The molecule has 3 atom stereocenters. The van der Waals surface area contributed by atoms with Crippen LogP contribution in [0.25, 0.3) is 0 Å². The Bertz CT molecular complexity index is 506. The molecule has 2 rings (SSSR count). The Morgan fingerprint density at radius 3 is 2.48 bits per heavy atom. The molecule has 0 aromatic rings. The van der Waals surface area contributed by atoms with Gasteiger partial charge in [0.05, 0.1) is 6.04 Å². The Balaban J connectivity index is 0.00000151. The molecule has 1 heterocycles. The lowest BCUT2D eigenvalue weighted by Gasteiger charge is -2.41. The zero-order valence-corrected chi connectivity index (χ0v) is 17.1. The van der Waals surface area contributed by atoms with E-state index in [4.69, 9.17) is 4.74 Å². The largest absolute Gasteiger partial charge is 0.444 e. The van der Waals surface area contributed by atoms with Gasteiger partial charge in [0, 0.05) is 12.6 Å². The summed E-state index contributed by atoms with van der Waals surface area (Å²) in [4.78, 5) is 25.7. The first-order valence-corrected chi connectivity index (χ1v) is 9.67. The maximum atomic E-state index is 12.0. The smallest absolute Gasteiger partial charge is 0.408 e. The van der Waals surface area contributed by atoms with E-state index >= 15 is 0 Å². The second-order valence-electron chi connectivity index (χ2n) is 8.21. The molecule has 5 heteroatoms. The van der Waals surface area contributed by atoms with E-state index in [1.807, 2.05) is 41.5 Å². The number of carbonyl (C=O) groups is 1. The maximum Gasteiger partial charge on any atom is 0.408 e. The number of likely N-dealkylation sites (tertiary alicyclic amines) is 1. The summed E-state index contributed by atoms with van der Waals surface area (Å²) in [5, 5.41) is 2.77. The fourth-order valence-corrected chi connectivity index (χ4v) is 3.97. The molecule has 0 radical (unpaired) electrons. The van der Waals surface area contributed by atoms with Gasteiger partial charge in [0.15, 0.2) is 0 Å². The monoisotopic (exact) mass is 352 g/mol. The highest BCUT2D eigenvalue weighted by Gasteiger charge is 2.46. The van der Waals surface area contributed by atoms with Gasteiger partial charge in [0.2, 0.25) is 0 Å². The second kappa shape index (κ2) is 8.75. The molecule has 0 bridgehead atoms. The zero-order valence-electron chi connectivity index (χ0n) is 17.1. The third-order valence-corrected chi connectivity index (χ3v) is 5.14. The topological polar surface area (TPSA) is 58.6 Å². The van der Waals surface area contributed by atoms with Crippen molar-refractivity contribution in [2.75, 3.05) is 6.54 Å². The summed E-state index contributed by atoms with van der Waals surface area (Å²) in [6.45, 7) is 14.5. The maximum absolute atomic E-state index is 12.0.